The summed E-state index contributed by atoms with van der Waals surface area (Å²) in [5.74, 6) is -0.0982. The van der Waals surface area contributed by atoms with E-state index in [0.717, 1.165) is 5.56 Å². The molecule has 0 saturated carbocycles. The second-order valence-electron chi connectivity index (χ2n) is 4.61. The van der Waals surface area contributed by atoms with Crippen LogP contribution in [0.5, 0.6) is 5.75 Å². The predicted octanol–water partition coefficient (Wildman–Crippen LogP) is 2.01. The third-order valence-electron chi connectivity index (χ3n) is 3.30. The van der Waals surface area contributed by atoms with Gasteiger partial charge in [0.1, 0.15) is 5.75 Å². The lowest BCUT2D eigenvalue weighted by atomic mass is 10.2. The van der Waals surface area contributed by atoms with Gasteiger partial charge in [-0.05, 0) is 17.7 Å². The average molecular weight is 283 g/mol. The number of methoxy groups -OCH3 is 1. The van der Waals surface area contributed by atoms with Crippen molar-refractivity contribution in [3.63, 3.8) is 0 Å². The molecule has 0 aliphatic rings. The summed E-state index contributed by atoms with van der Waals surface area (Å²) in [6, 6.07) is 14.4. The van der Waals surface area contributed by atoms with Gasteiger partial charge in [0.15, 0.2) is 0 Å². The number of rotatable bonds is 3. The van der Waals surface area contributed by atoms with Crippen LogP contribution in [0.3, 0.4) is 0 Å². The Labute approximate surface area is 120 Å². The van der Waals surface area contributed by atoms with E-state index in [1.165, 1.54) is 11.7 Å². The molecule has 3 aromatic rings. The predicted molar refractivity (Wildman–Crippen MR) is 78.8 cm³/mol. The van der Waals surface area contributed by atoms with Crippen molar-refractivity contribution >= 4 is 10.9 Å². The van der Waals surface area contributed by atoms with E-state index in [4.69, 9.17) is 9.15 Å². The number of ether oxygens (including phenoxy) is 1. The normalized spacial score (nSPS) is 10.7. The number of nitrogens with zero attached hydrogens (tertiary/aromatic N) is 1. The van der Waals surface area contributed by atoms with Crippen molar-refractivity contribution in [2.75, 3.05) is 7.11 Å². The fraction of sp³-hybridized carbons (Fsp3) is 0.125. The number of benzene rings is 2. The highest BCUT2D eigenvalue weighted by Crippen LogP contribution is 2.18. The molecule has 0 spiro atoms. The highest BCUT2D eigenvalue weighted by Gasteiger charge is 2.10. The van der Waals surface area contributed by atoms with Crippen LogP contribution in [0.1, 0.15) is 5.56 Å². The van der Waals surface area contributed by atoms with Gasteiger partial charge < -0.3 is 9.15 Å². The molecule has 1 aromatic heterocycles. The lowest BCUT2D eigenvalue weighted by Gasteiger charge is -2.09. The van der Waals surface area contributed by atoms with Crippen molar-refractivity contribution in [2.24, 2.45) is 0 Å². The third-order valence-corrected chi connectivity index (χ3v) is 3.30. The minimum atomic E-state index is -0.676. The molecule has 0 aliphatic carbocycles. The van der Waals surface area contributed by atoms with Crippen molar-refractivity contribution in [3.8, 4) is 5.75 Å². The number of hydrogen-bond acceptors (Lipinski definition) is 4. The van der Waals surface area contributed by atoms with E-state index in [2.05, 4.69) is 0 Å². The summed E-state index contributed by atoms with van der Waals surface area (Å²) in [5, 5.41) is 0.353. The van der Waals surface area contributed by atoms with E-state index in [1.807, 2.05) is 30.3 Å². The van der Waals surface area contributed by atoms with Crippen molar-refractivity contribution in [1.82, 2.24) is 4.57 Å². The van der Waals surface area contributed by atoms with E-state index in [1.54, 1.807) is 18.2 Å². The molecule has 3 rings (SSSR count). The first-order valence-electron chi connectivity index (χ1n) is 6.44. The van der Waals surface area contributed by atoms with Gasteiger partial charge in [0.25, 0.3) is 0 Å². The molecule has 0 N–H and O–H groups in total. The first-order valence-corrected chi connectivity index (χ1v) is 6.44. The monoisotopic (exact) mass is 283 g/mol. The molecular weight excluding hydrogens is 270 g/mol. The van der Waals surface area contributed by atoms with Crippen LogP contribution in [0, 0.1) is 0 Å². The van der Waals surface area contributed by atoms with E-state index in [9.17, 15) is 9.59 Å². The maximum Gasteiger partial charge on any atom is 0.422 e. The Kier molecular flexibility index (Phi) is 3.31. The fourth-order valence-electron chi connectivity index (χ4n) is 2.24. The highest BCUT2D eigenvalue weighted by atomic mass is 16.5. The van der Waals surface area contributed by atoms with Crippen LogP contribution in [0.4, 0.5) is 0 Å². The molecule has 0 aliphatic heterocycles. The fourth-order valence-corrected chi connectivity index (χ4v) is 2.24. The van der Waals surface area contributed by atoms with Crippen molar-refractivity contribution < 1.29 is 9.15 Å². The zero-order chi connectivity index (χ0) is 14.8. The molecule has 0 unspecified atom stereocenters. The standard InChI is InChI=1S/C16H13NO4/c1-20-12-7-8-13-14(9-12)17(16(19)21-15(13)18)10-11-5-3-2-4-6-11/h2-9H,10H2,1H3. The van der Waals surface area contributed by atoms with Gasteiger partial charge >= 0.3 is 11.4 Å². The molecule has 1 heterocycles. The Balaban J connectivity index is 2.25. The topological polar surface area (TPSA) is 61.4 Å². The van der Waals surface area contributed by atoms with Crippen LogP contribution in [-0.4, -0.2) is 11.7 Å². The molecule has 0 radical (unpaired) electrons. The van der Waals surface area contributed by atoms with Gasteiger partial charge in [0.2, 0.25) is 0 Å². The second-order valence-corrected chi connectivity index (χ2v) is 4.61. The van der Waals surface area contributed by atoms with Crippen molar-refractivity contribution in [1.29, 1.82) is 0 Å². The molecule has 0 amide bonds. The van der Waals surface area contributed by atoms with Gasteiger partial charge in [-0.15, -0.1) is 0 Å². The molecule has 21 heavy (non-hydrogen) atoms. The van der Waals surface area contributed by atoms with Crippen LogP contribution in [0.15, 0.2) is 62.5 Å². The van der Waals surface area contributed by atoms with Crippen molar-refractivity contribution in [3.05, 3.63) is 75.1 Å². The van der Waals surface area contributed by atoms with E-state index in [-0.39, 0.29) is 0 Å². The maximum atomic E-state index is 12.0. The van der Waals surface area contributed by atoms with Gasteiger partial charge in [0.05, 0.1) is 24.6 Å². The lowest BCUT2D eigenvalue weighted by Crippen LogP contribution is -2.25. The number of aromatic nitrogens is 1. The van der Waals surface area contributed by atoms with Gasteiger partial charge in [-0.25, -0.2) is 9.59 Å². The molecule has 5 nitrogen and oxygen atoms in total. The Morgan fingerprint density at radius 3 is 2.57 bits per heavy atom. The second kappa shape index (κ2) is 5.28. The summed E-state index contributed by atoms with van der Waals surface area (Å²) in [5.41, 5.74) is 0.805. The van der Waals surface area contributed by atoms with Crippen LogP contribution in [0.2, 0.25) is 0 Å². The van der Waals surface area contributed by atoms with Crippen LogP contribution < -0.4 is 16.1 Å². The first-order chi connectivity index (χ1) is 10.2. The Hall–Kier alpha value is -2.82. The summed E-state index contributed by atoms with van der Waals surface area (Å²) < 4.78 is 11.4. The number of hydrogen-bond donors (Lipinski definition) is 0. The average Bonchev–Trinajstić information content (AvgIpc) is 2.52. The molecule has 0 saturated heterocycles. The highest BCUT2D eigenvalue weighted by molar-refractivity contribution is 5.79. The van der Waals surface area contributed by atoms with Crippen LogP contribution in [-0.2, 0) is 6.54 Å². The Morgan fingerprint density at radius 2 is 1.86 bits per heavy atom. The van der Waals surface area contributed by atoms with Crippen molar-refractivity contribution in [2.45, 2.75) is 6.54 Å². The zero-order valence-electron chi connectivity index (χ0n) is 11.4. The lowest BCUT2D eigenvalue weighted by molar-refractivity contribution is 0.411. The van der Waals surface area contributed by atoms with Gasteiger partial charge in [-0.3, -0.25) is 4.57 Å². The quantitative estimate of drug-likeness (QED) is 0.737. The summed E-state index contributed by atoms with van der Waals surface area (Å²) in [6.07, 6.45) is 0. The van der Waals surface area contributed by atoms with E-state index in [0.29, 0.717) is 23.2 Å². The van der Waals surface area contributed by atoms with Gasteiger partial charge in [0, 0.05) is 6.07 Å². The smallest absolute Gasteiger partial charge is 0.422 e. The number of fused-ring (bicyclic) bond motifs is 1. The van der Waals surface area contributed by atoms with Crippen LogP contribution in [0.25, 0.3) is 10.9 Å². The maximum absolute atomic E-state index is 12.0. The summed E-state index contributed by atoms with van der Waals surface area (Å²) in [6.45, 7) is 0.327. The summed E-state index contributed by atoms with van der Waals surface area (Å²) >= 11 is 0. The molecule has 0 bridgehead atoms. The summed E-state index contributed by atoms with van der Waals surface area (Å²) in [4.78, 5) is 23.8. The zero-order valence-corrected chi connectivity index (χ0v) is 11.4. The van der Waals surface area contributed by atoms with Gasteiger partial charge in [-0.1, -0.05) is 30.3 Å². The molecule has 5 heteroatoms. The van der Waals surface area contributed by atoms with E-state index < -0.39 is 11.4 Å². The van der Waals surface area contributed by atoms with Gasteiger partial charge in [-0.2, -0.15) is 0 Å². The largest absolute Gasteiger partial charge is 0.497 e. The third kappa shape index (κ3) is 2.45. The molecule has 2 aromatic carbocycles. The Morgan fingerprint density at radius 1 is 1.10 bits per heavy atom. The minimum absolute atomic E-state index is 0.327. The SMILES string of the molecule is COc1ccc2c(=O)oc(=O)n(Cc3ccccc3)c2c1. The Bertz CT molecular complexity index is 894. The molecule has 106 valence electrons. The summed E-state index contributed by atoms with van der Waals surface area (Å²) in [7, 11) is 1.53. The van der Waals surface area contributed by atoms with Crippen LogP contribution >= 0.6 is 0 Å². The molecular formula is C16H13NO4. The first kappa shape index (κ1) is 13.2. The van der Waals surface area contributed by atoms with E-state index >= 15 is 0 Å². The molecule has 0 fully saturated rings. The minimum Gasteiger partial charge on any atom is -0.497 e. The molecule has 0 atom stereocenters.